The van der Waals surface area contributed by atoms with Crippen LogP contribution in [0.5, 0.6) is 0 Å². The maximum absolute atomic E-state index is 12.9. The normalized spacial score (nSPS) is 17.4. The van der Waals surface area contributed by atoms with Crippen LogP contribution in [-0.2, 0) is 0 Å². The molecule has 1 aromatic heterocycles. The largest absolute Gasteiger partial charge is 0.339 e. The average Bonchev–Trinajstić information content (AvgIpc) is 3.25. The predicted octanol–water partition coefficient (Wildman–Crippen LogP) is 2.50. The van der Waals surface area contributed by atoms with Crippen LogP contribution in [0.1, 0.15) is 59.0 Å². The summed E-state index contributed by atoms with van der Waals surface area (Å²) in [7, 11) is 0. The zero-order valence-electron chi connectivity index (χ0n) is 16.3. The van der Waals surface area contributed by atoms with Crippen molar-refractivity contribution in [2.45, 2.75) is 38.1 Å². The van der Waals surface area contributed by atoms with Crippen molar-refractivity contribution in [3.05, 3.63) is 41.7 Å². The van der Waals surface area contributed by atoms with E-state index in [1.807, 2.05) is 17.0 Å². The van der Waals surface area contributed by atoms with Crippen LogP contribution in [0, 0.1) is 0 Å². The fourth-order valence-electron chi connectivity index (χ4n) is 3.86. The van der Waals surface area contributed by atoms with Crippen LogP contribution in [0.15, 0.2) is 30.5 Å². The topological polar surface area (TPSA) is 92.2 Å². The summed E-state index contributed by atoms with van der Waals surface area (Å²) in [4.78, 5) is 27.4. The van der Waals surface area contributed by atoms with Gasteiger partial charge in [-0.05, 0) is 57.3 Å². The molecule has 2 aromatic rings. The summed E-state index contributed by atoms with van der Waals surface area (Å²) in [5.41, 5.74) is 1.29. The summed E-state index contributed by atoms with van der Waals surface area (Å²) in [6, 6.07) is 7.42. The molecule has 0 atom stereocenters. The van der Waals surface area contributed by atoms with Crippen LogP contribution in [0.2, 0.25) is 0 Å². The minimum atomic E-state index is -0.348. The van der Waals surface area contributed by atoms with Gasteiger partial charge in [0.05, 0.1) is 23.5 Å². The highest BCUT2D eigenvalue weighted by Gasteiger charge is 2.23. The van der Waals surface area contributed by atoms with E-state index in [9.17, 15) is 9.59 Å². The van der Waals surface area contributed by atoms with Crippen molar-refractivity contribution in [2.24, 2.45) is 0 Å². The smallest absolute Gasteiger partial charge is 0.277 e. The van der Waals surface area contributed by atoms with Crippen molar-refractivity contribution in [1.82, 2.24) is 25.2 Å². The van der Waals surface area contributed by atoms with E-state index in [1.54, 1.807) is 23.0 Å². The third-order valence-corrected chi connectivity index (χ3v) is 5.47. The number of nitrogens with zero attached hydrogens (tertiary/aromatic N) is 4. The van der Waals surface area contributed by atoms with E-state index in [0.717, 1.165) is 58.3 Å². The molecule has 3 heterocycles. The maximum Gasteiger partial charge on any atom is 0.277 e. The van der Waals surface area contributed by atoms with Crippen LogP contribution in [0.3, 0.4) is 0 Å². The number of nitrogens with one attached hydrogen (secondary N) is 2. The number of carbonyl (C=O) groups excluding carboxylic acids is 2. The molecule has 2 N–H and O–H groups in total. The van der Waals surface area contributed by atoms with Crippen molar-refractivity contribution in [3.63, 3.8) is 0 Å². The zero-order chi connectivity index (χ0) is 19.3. The lowest BCUT2D eigenvalue weighted by Gasteiger charge is -2.27. The van der Waals surface area contributed by atoms with Crippen molar-refractivity contribution in [1.29, 1.82) is 0 Å². The average molecular weight is 419 g/mol. The Kier molecular flexibility index (Phi) is 7.22. The minimum Gasteiger partial charge on any atom is -0.339 e. The second-order valence-electron chi connectivity index (χ2n) is 7.42. The van der Waals surface area contributed by atoms with Gasteiger partial charge in [-0.25, -0.2) is 4.68 Å². The minimum absolute atomic E-state index is 0. The molecule has 9 heteroatoms. The van der Waals surface area contributed by atoms with Gasteiger partial charge in [0.25, 0.3) is 11.8 Å². The molecule has 4 rings (SSSR count). The second kappa shape index (κ2) is 9.84. The SMILES string of the molecule is Cl.O=C(Nc1ccccc1C(=O)N1CCCCC1)c1cn(C2CCNCC2)nn1. The third-order valence-electron chi connectivity index (χ3n) is 5.47. The number of halogens is 1. The molecule has 29 heavy (non-hydrogen) atoms. The van der Waals surface area contributed by atoms with Gasteiger partial charge in [0.15, 0.2) is 5.69 Å². The number of anilines is 1. The Morgan fingerprint density at radius 1 is 1.07 bits per heavy atom. The van der Waals surface area contributed by atoms with E-state index in [-0.39, 0.29) is 36.0 Å². The maximum atomic E-state index is 12.9. The molecule has 0 aliphatic carbocycles. The van der Waals surface area contributed by atoms with Gasteiger partial charge in [-0.2, -0.15) is 0 Å². The number of rotatable bonds is 4. The van der Waals surface area contributed by atoms with Gasteiger partial charge in [0.2, 0.25) is 0 Å². The van der Waals surface area contributed by atoms with E-state index < -0.39 is 0 Å². The predicted molar refractivity (Wildman–Crippen MR) is 113 cm³/mol. The summed E-state index contributed by atoms with van der Waals surface area (Å²) < 4.78 is 1.78. The first-order chi connectivity index (χ1) is 13.7. The monoisotopic (exact) mass is 418 g/mol. The molecule has 156 valence electrons. The first-order valence-corrected chi connectivity index (χ1v) is 10.0. The van der Waals surface area contributed by atoms with Gasteiger partial charge in [-0.3, -0.25) is 9.59 Å². The molecule has 8 nitrogen and oxygen atoms in total. The summed E-state index contributed by atoms with van der Waals surface area (Å²) >= 11 is 0. The molecular weight excluding hydrogens is 392 g/mol. The summed E-state index contributed by atoms with van der Waals surface area (Å²) in [5.74, 6) is -0.381. The van der Waals surface area contributed by atoms with Gasteiger partial charge in [-0.1, -0.05) is 17.3 Å². The van der Waals surface area contributed by atoms with E-state index in [1.165, 1.54) is 0 Å². The zero-order valence-corrected chi connectivity index (χ0v) is 17.2. The van der Waals surface area contributed by atoms with Crippen molar-refractivity contribution in [3.8, 4) is 0 Å². The number of piperidine rings is 2. The highest BCUT2D eigenvalue weighted by Crippen LogP contribution is 2.21. The van der Waals surface area contributed by atoms with Gasteiger partial charge in [0.1, 0.15) is 0 Å². The number of benzene rings is 1. The molecule has 2 fully saturated rings. The van der Waals surface area contributed by atoms with E-state index in [4.69, 9.17) is 0 Å². The molecular formula is C20H27ClN6O2. The third kappa shape index (κ3) is 4.94. The Bertz CT molecular complexity index is 843. The molecule has 0 bridgehead atoms. The first-order valence-electron chi connectivity index (χ1n) is 10.0. The first kappa shape index (κ1) is 21.3. The highest BCUT2D eigenvalue weighted by molar-refractivity contribution is 6.08. The number of hydrogen-bond acceptors (Lipinski definition) is 5. The van der Waals surface area contributed by atoms with Crippen molar-refractivity contribution in [2.75, 3.05) is 31.5 Å². The lowest BCUT2D eigenvalue weighted by molar-refractivity contribution is 0.0725. The number of carbonyl (C=O) groups is 2. The summed E-state index contributed by atoms with van der Waals surface area (Å²) in [5, 5.41) is 14.3. The quantitative estimate of drug-likeness (QED) is 0.795. The fraction of sp³-hybridized carbons (Fsp3) is 0.500. The van der Waals surface area contributed by atoms with E-state index >= 15 is 0 Å². The Hall–Kier alpha value is -2.45. The summed E-state index contributed by atoms with van der Waals surface area (Å²) in [6.07, 6.45) is 6.85. The molecule has 2 amide bonds. The molecule has 0 unspecified atom stereocenters. The summed E-state index contributed by atoms with van der Waals surface area (Å²) in [6.45, 7) is 3.42. The number of amides is 2. The number of aromatic nitrogens is 3. The molecule has 0 radical (unpaired) electrons. The highest BCUT2D eigenvalue weighted by atomic mass is 35.5. The Labute approximate surface area is 176 Å². The molecule has 1 aromatic carbocycles. The van der Waals surface area contributed by atoms with Crippen molar-refractivity contribution < 1.29 is 9.59 Å². The van der Waals surface area contributed by atoms with Crippen LogP contribution >= 0.6 is 12.4 Å². The molecule has 2 aliphatic rings. The molecule has 2 saturated heterocycles. The van der Waals surface area contributed by atoms with Gasteiger partial charge >= 0.3 is 0 Å². The van der Waals surface area contributed by atoms with Gasteiger partial charge in [-0.15, -0.1) is 17.5 Å². The van der Waals surface area contributed by atoms with Gasteiger partial charge in [0, 0.05) is 13.1 Å². The Morgan fingerprint density at radius 2 is 1.79 bits per heavy atom. The van der Waals surface area contributed by atoms with Crippen LogP contribution in [0.25, 0.3) is 0 Å². The fourth-order valence-corrected chi connectivity index (χ4v) is 3.86. The van der Waals surface area contributed by atoms with E-state index in [2.05, 4.69) is 20.9 Å². The van der Waals surface area contributed by atoms with Crippen LogP contribution in [0.4, 0.5) is 5.69 Å². The lowest BCUT2D eigenvalue weighted by Crippen LogP contribution is -2.36. The van der Waals surface area contributed by atoms with Crippen LogP contribution in [-0.4, -0.2) is 57.9 Å². The lowest BCUT2D eigenvalue weighted by atomic mass is 10.1. The molecule has 0 spiro atoms. The number of likely N-dealkylation sites (tertiary alicyclic amines) is 1. The molecule has 2 aliphatic heterocycles. The van der Waals surface area contributed by atoms with E-state index in [0.29, 0.717) is 11.3 Å². The Morgan fingerprint density at radius 3 is 2.55 bits per heavy atom. The molecule has 0 saturated carbocycles. The second-order valence-corrected chi connectivity index (χ2v) is 7.42. The van der Waals surface area contributed by atoms with Gasteiger partial charge < -0.3 is 15.5 Å². The van der Waals surface area contributed by atoms with Crippen LogP contribution < -0.4 is 10.6 Å². The number of hydrogen-bond donors (Lipinski definition) is 2. The Balaban J connectivity index is 0.00000240. The standard InChI is InChI=1S/C20H26N6O2.ClH/c27-19(18-14-26(24-23-18)15-8-10-21-11-9-15)22-17-7-3-2-6-16(17)20(28)25-12-4-1-5-13-25;/h2-3,6-7,14-15,21H,1,4-5,8-13H2,(H,22,27);1H. The number of para-hydroxylation sites is 1. The van der Waals surface area contributed by atoms with Crippen molar-refractivity contribution >= 4 is 29.9 Å².